The third kappa shape index (κ3) is 2.99. The van der Waals surface area contributed by atoms with Crippen LogP contribution in [0, 0.1) is 0 Å². The first-order valence-electron chi connectivity index (χ1n) is 4.74. The molecule has 0 aliphatic carbocycles. The maximum atomic E-state index is 5.14. The summed E-state index contributed by atoms with van der Waals surface area (Å²) in [5, 5.41) is 6.51. The summed E-state index contributed by atoms with van der Waals surface area (Å²) in [7, 11) is 0. The van der Waals surface area contributed by atoms with Gasteiger partial charge in [0.1, 0.15) is 5.82 Å². The van der Waals surface area contributed by atoms with E-state index < -0.39 is 0 Å². The molecule has 0 aliphatic rings. The van der Waals surface area contributed by atoms with Gasteiger partial charge in [-0.15, -0.1) is 0 Å². The summed E-state index contributed by atoms with van der Waals surface area (Å²) in [6, 6.07) is 9.27. The molecular weight excluding hydrogens is 220 g/mol. The van der Waals surface area contributed by atoms with Crippen molar-refractivity contribution in [2.75, 3.05) is 10.6 Å². The number of thiocarbonyl (C=S) groups is 1. The normalized spacial score (nSPS) is 9.50. The average molecular weight is 230 g/mol. The fourth-order valence-electron chi connectivity index (χ4n) is 1.15. The summed E-state index contributed by atoms with van der Waals surface area (Å²) in [6.45, 7) is 0. The SMILES string of the molecule is S=C(Nc1ccncc1)Nc1ccccn1. The zero-order chi connectivity index (χ0) is 11.2. The monoisotopic (exact) mass is 230 g/mol. The van der Waals surface area contributed by atoms with Gasteiger partial charge in [-0.1, -0.05) is 6.07 Å². The van der Waals surface area contributed by atoms with Crippen molar-refractivity contribution in [1.82, 2.24) is 9.97 Å². The molecule has 4 nitrogen and oxygen atoms in total. The highest BCUT2D eigenvalue weighted by Gasteiger charge is 1.97. The molecule has 0 amide bonds. The van der Waals surface area contributed by atoms with Crippen LogP contribution in [0.1, 0.15) is 0 Å². The van der Waals surface area contributed by atoms with Gasteiger partial charge in [0.2, 0.25) is 0 Å². The Morgan fingerprint density at radius 2 is 1.81 bits per heavy atom. The predicted molar refractivity (Wildman–Crippen MR) is 68.3 cm³/mol. The highest BCUT2D eigenvalue weighted by Crippen LogP contribution is 2.05. The van der Waals surface area contributed by atoms with Crippen LogP contribution in [0.25, 0.3) is 0 Å². The topological polar surface area (TPSA) is 49.8 Å². The number of aromatic nitrogens is 2. The number of rotatable bonds is 2. The minimum absolute atomic E-state index is 0.505. The first kappa shape index (κ1) is 10.5. The third-order valence-corrected chi connectivity index (χ3v) is 2.05. The van der Waals surface area contributed by atoms with Gasteiger partial charge in [0, 0.05) is 24.3 Å². The highest BCUT2D eigenvalue weighted by molar-refractivity contribution is 7.80. The molecule has 2 aromatic rings. The largest absolute Gasteiger partial charge is 0.332 e. The molecule has 0 atom stereocenters. The number of nitrogens with one attached hydrogen (secondary N) is 2. The molecule has 5 heteroatoms. The van der Waals surface area contributed by atoms with Gasteiger partial charge in [0.25, 0.3) is 0 Å². The summed E-state index contributed by atoms with van der Waals surface area (Å²) >= 11 is 5.14. The minimum Gasteiger partial charge on any atom is -0.332 e. The van der Waals surface area contributed by atoms with Gasteiger partial charge < -0.3 is 10.6 Å². The van der Waals surface area contributed by atoms with Gasteiger partial charge >= 0.3 is 0 Å². The van der Waals surface area contributed by atoms with E-state index in [4.69, 9.17) is 12.2 Å². The Bertz CT molecular complexity index is 414. The van der Waals surface area contributed by atoms with Crippen LogP contribution in [0.5, 0.6) is 0 Å². The van der Waals surface area contributed by atoms with E-state index in [1.165, 1.54) is 0 Å². The van der Waals surface area contributed by atoms with Crippen LogP contribution in [0.15, 0.2) is 48.9 Å². The van der Waals surface area contributed by atoms with Crippen LogP contribution in [0.2, 0.25) is 0 Å². The van der Waals surface area contributed by atoms with Crippen molar-refractivity contribution in [1.29, 1.82) is 0 Å². The first-order valence-corrected chi connectivity index (χ1v) is 5.14. The van der Waals surface area contributed by atoms with E-state index in [2.05, 4.69) is 20.6 Å². The second kappa shape index (κ2) is 5.18. The Hall–Kier alpha value is -2.01. The number of nitrogens with zero attached hydrogens (tertiary/aromatic N) is 2. The molecule has 2 heterocycles. The van der Waals surface area contributed by atoms with Crippen molar-refractivity contribution in [3.63, 3.8) is 0 Å². The number of pyridine rings is 2. The van der Waals surface area contributed by atoms with Gasteiger partial charge in [-0.3, -0.25) is 4.98 Å². The lowest BCUT2D eigenvalue weighted by atomic mass is 10.4. The van der Waals surface area contributed by atoms with Gasteiger partial charge in [0.05, 0.1) is 0 Å². The van der Waals surface area contributed by atoms with Crippen LogP contribution in [-0.2, 0) is 0 Å². The second-order valence-corrected chi connectivity index (χ2v) is 3.44. The summed E-state index contributed by atoms with van der Waals surface area (Å²) < 4.78 is 0. The number of anilines is 2. The molecule has 0 spiro atoms. The molecule has 16 heavy (non-hydrogen) atoms. The Kier molecular flexibility index (Phi) is 3.40. The molecule has 80 valence electrons. The van der Waals surface area contributed by atoms with Gasteiger partial charge in [-0.2, -0.15) is 0 Å². The number of hydrogen-bond acceptors (Lipinski definition) is 3. The number of hydrogen-bond donors (Lipinski definition) is 2. The lowest BCUT2D eigenvalue weighted by molar-refractivity contribution is 1.32. The van der Waals surface area contributed by atoms with Crippen molar-refractivity contribution in [3.05, 3.63) is 48.9 Å². The molecule has 2 aromatic heterocycles. The molecule has 0 fully saturated rings. The standard InChI is InChI=1S/C11H10N4S/c16-11(14-9-4-7-12-8-5-9)15-10-3-1-2-6-13-10/h1-8H,(H2,12,13,14,15,16). The first-order chi connectivity index (χ1) is 7.84. The molecule has 0 aliphatic heterocycles. The van der Waals surface area contributed by atoms with Crippen LogP contribution < -0.4 is 10.6 Å². The van der Waals surface area contributed by atoms with E-state index in [0.717, 1.165) is 5.69 Å². The van der Waals surface area contributed by atoms with Crippen molar-refractivity contribution in [2.45, 2.75) is 0 Å². The fourth-order valence-corrected chi connectivity index (χ4v) is 1.37. The van der Waals surface area contributed by atoms with Gasteiger partial charge in [-0.05, 0) is 36.5 Å². The van der Waals surface area contributed by atoms with Crippen LogP contribution in [-0.4, -0.2) is 15.1 Å². The average Bonchev–Trinajstić information content (AvgIpc) is 2.31. The predicted octanol–water partition coefficient (Wildman–Crippen LogP) is 2.29. The molecule has 0 aromatic carbocycles. The fraction of sp³-hybridized carbons (Fsp3) is 0. The molecule has 2 rings (SSSR count). The van der Waals surface area contributed by atoms with Gasteiger partial charge in [0.15, 0.2) is 5.11 Å². The van der Waals surface area contributed by atoms with Gasteiger partial charge in [-0.25, -0.2) is 4.98 Å². The Balaban J connectivity index is 1.95. The Morgan fingerprint density at radius 1 is 1.00 bits per heavy atom. The second-order valence-electron chi connectivity index (χ2n) is 3.03. The van der Waals surface area contributed by atoms with E-state index in [1.807, 2.05) is 30.3 Å². The summed E-state index contributed by atoms with van der Waals surface area (Å²) in [6.07, 6.45) is 5.11. The van der Waals surface area contributed by atoms with Crippen LogP contribution >= 0.6 is 12.2 Å². The minimum atomic E-state index is 0.505. The zero-order valence-corrected chi connectivity index (χ0v) is 9.24. The van der Waals surface area contributed by atoms with E-state index in [0.29, 0.717) is 10.9 Å². The summed E-state index contributed by atoms with van der Waals surface area (Å²) in [5.74, 6) is 0.717. The lowest BCUT2D eigenvalue weighted by Gasteiger charge is -2.08. The maximum absolute atomic E-state index is 5.14. The highest BCUT2D eigenvalue weighted by atomic mass is 32.1. The third-order valence-electron chi connectivity index (χ3n) is 1.84. The molecule has 2 N–H and O–H groups in total. The molecule has 0 saturated carbocycles. The van der Waals surface area contributed by atoms with Crippen molar-refractivity contribution in [2.24, 2.45) is 0 Å². The summed E-state index contributed by atoms with van der Waals surface area (Å²) in [5.41, 5.74) is 0.892. The molecule has 0 unspecified atom stereocenters. The van der Waals surface area contributed by atoms with Crippen molar-refractivity contribution < 1.29 is 0 Å². The Labute approximate surface area is 98.8 Å². The zero-order valence-electron chi connectivity index (χ0n) is 8.42. The lowest BCUT2D eigenvalue weighted by Crippen LogP contribution is -2.19. The van der Waals surface area contributed by atoms with E-state index in [-0.39, 0.29) is 0 Å². The van der Waals surface area contributed by atoms with E-state index in [9.17, 15) is 0 Å². The molecule has 0 bridgehead atoms. The quantitative estimate of drug-likeness (QED) is 0.775. The smallest absolute Gasteiger partial charge is 0.176 e. The maximum Gasteiger partial charge on any atom is 0.176 e. The van der Waals surface area contributed by atoms with Crippen molar-refractivity contribution >= 4 is 28.8 Å². The van der Waals surface area contributed by atoms with Crippen LogP contribution in [0.4, 0.5) is 11.5 Å². The Morgan fingerprint density at radius 3 is 2.50 bits per heavy atom. The van der Waals surface area contributed by atoms with Crippen LogP contribution in [0.3, 0.4) is 0 Å². The molecular formula is C11H10N4S. The summed E-state index contributed by atoms with van der Waals surface area (Å²) in [4.78, 5) is 8.03. The van der Waals surface area contributed by atoms with Crippen molar-refractivity contribution in [3.8, 4) is 0 Å². The van der Waals surface area contributed by atoms with E-state index in [1.54, 1.807) is 18.6 Å². The molecule has 0 saturated heterocycles. The molecule has 0 radical (unpaired) electrons. The van der Waals surface area contributed by atoms with E-state index >= 15 is 0 Å².